The number of amides is 1. The average Bonchev–Trinajstić information content (AvgIpc) is 3.06. The zero-order chi connectivity index (χ0) is 22.3. The van der Waals surface area contributed by atoms with Crippen molar-refractivity contribution in [2.75, 3.05) is 32.7 Å². The van der Waals surface area contributed by atoms with Gasteiger partial charge in [0.15, 0.2) is 0 Å². The maximum absolute atomic E-state index is 13.5. The van der Waals surface area contributed by atoms with E-state index in [0.29, 0.717) is 12.1 Å². The van der Waals surface area contributed by atoms with Crippen LogP contribution in [0.1, 0.15) is 42.4 Å². The summed E-state index contributed by atoms with van der Waals surface area (Å²) in [5, 5.41) is 8.97. The molecule has 32 heavy (non-hydrogen) atoms. The summed E-state index contributed by atoms with van der Waals surface area (Å²) in [6, 6.07) is 16.5. The van der Waals surface area contributed by atoms with Crippen molar-refractivity contribution in [1.29, 1.82) is 5.26 Å². The van der Waals surface area contributed by atoms with Crippen LogP contribution in [-0.2, 0) is 17.9 Å². The van der Waals surface area contributed by atoms with Crippen molar-refractivity contribution < 1.29 is 9.18 Å². The number of hydrogen-bond donors (Lipinski definition) is 0. The summed E-state index contributed by atoms with van der Waals surface area (Å²) in [6.07, 6.45) is 4.04. The van der Waals surface area contributed by atoms with Crippen molar-refractivity contribution in [3.63, 3.8) is 0 Å². The molecule has 1 atom stereocenters. The second-order valence-electron chi connectivity index (χ2n) is 8.87. The van der Waals surface area contributed by atoms with E-state index in [1.165, 1.54) is 17.7 Å². The Morgan fingerprint density at radius 1 is 0.875 bits per heavy atom. The molecular weight excluding hydrogens is 403 g/mol. The minimum atomic E-state index is -0.227. The van der Waals surface area contributed by atoms with E-state index in [0.717, 1.165) is 70.5 Å². The normalized spacial score (nSPS) is 20.5. The highest BCUT2D eigenvalue weighted by molar-refractivity contribution is 5.82. The van der Waals surface area contributed by atoms with Crippen LogP contribution in [0.15, 0.2) is 48.5 Å². The van der Waals surface area contributed by atoms with Crippen LogP contribution in [0.3, 0.4) is 0 Å². The van der Waals surface area contributed by atoms with Crippen LogP contribution in [0.5, 0.6) is 0 Å². The summed E-state index contributed by atoms with van der Waals surface area (Å²) in [7, 11) is 0. The van der Waals surface area contributed by atoms with E-state index in [-0.39, 0.29) is 17.8 Å². The summed E-state index contributed by atoms with van der Waals surface area (Å²) in [5.41, 5.74) is 2.93. The van der Waals surface area contributed by atoms with Gasteiger partial charge in [0.1, 0.15) is 5.82 Å². The lowest BCUT2D eigenvalue weighted by Gasteiger charge is -2.37. The number of carbonyl (C=O) groups excluding carboxylic acids is 1. The maximum Gasteiger partial charge on any atom is 0.239 e. The highest BCUT2D eigenvalue weighted by Crippen LogP contribution is 2.22. The molecule has 6 heteroatoms. The van der Waals surface area contributed by atoms with Crippen molar-refractivity contribution >= 4 is 5.91 Å². The minimum Gasteiger partial charge on any atom is -0.340 e. The second kappa shape index (κ2) is 10.7. The summed E-state index contributed by atoms with van der Waals surface area (Å²) in [6.45, 7) is 5.80. The standard InChI is InChI=1S/C26H31FN4O/c27-24-11-9-23(10-12-24)20-31-14-2-1-4-25(31)26(32)30-15-3-13-29(16-17-30)19-22-7-5-21(18-28)6-8-22/h5-12,25H,1-4,13-17,19-20H2/t25-/m0/s1. The summed E-state index contributed by atoms with van der Waals surface area (Å²) < 4.78 is 13.3. The van der Waals surface area contributed by atoms with Gasteiger partial charge in [0.25, 0.3) is 0 Å². The fraction of sp³-hybridized carbons (Fsp3) is 0.462. The number of likely N-dealkylation sites (tertiary alicyclic amines) is 1. The van der Waals surface area contributed by atoms with Crippen LogP contribution in [0.4, 0.5) is 4.39 Å². The van der Waals surface area contributed by atoms with Gasteiger partial charge in [-0.2, -0.15) is 5.26 Å². The predicted molar refractivity (Wildman–Crippen MR) is 122 cm³/mol. The Hall–Kier alpha value is -2.75. The molecule has 0 radical (unpaired) electrons. The Morgan fingerprint density at radius 2 is 1.59 bits per heavy atom. The van der Waals surface area contributed by atoms with Gasteiger partial charge in [0, 0.05) is 39.3 Å². The molecule has 0 aromatic heterocycles. The summed E-state index contributed by atoms with van der Waals surface area (Å²) >= 11 is 0. The number of halogens is 1. The van der Waals surface area contributed by atoms with Crippen molar-refractivity contribution in [3.8, 4) is 6.07 Å². The predicted octanol–water partition coefficient (Wildman–Crippen LogP) is 3.79. The number of benzene rings is 2. The Bertz CT molecular complexity index is 938. The average molecular weight is 435 g/mol. The maximum atomic E-state index is 13.5. The summed E-state index contributed by atoms with van der Waals surface area (Å²) in [4.78, 5) is 20.2. The highest BCUT2D eigenvalue weighted by Gasteiger charge is 2.32. The second-order valence-corrected chi connectivity index (χ2v) is 8.87. The fourth-order valence-corrected chi connectivity index (χ4v) is 4.79. The molecular formula is C26H31FN4O. The first kappa shape index (κ1) is 22.4. The Kier molecular flexibility index (Phi) is 7.51. The molecule has 2 aromatic carbocycles. The first-order valence-electron chi connectivity index (χ1n) is 11.6. The molecule has 5 nitrogen and oxygen atoms in total. The first-order valence-corrected chi connectivity index (χ1v) is 11.6. The van der Waals surface area contributed by atoms with Crippen LogP contribution >= 0.6 is 0 Å². The molecule has 4 rings (SSSR count). The number of piperidine rings is 1. The summed E-state index contributed by atoms with van der Waals surface area (Å²) in [5.74, 6) is 0.0159. The number of rotatable bonds is 5. The highest BCUT2D eigenvalue weighted by atomic mass is 19.1. The third-order valence-electron chi connectivity index (χ3n) is 6.59. The van der Waals surface area contributed by atoms with Gasteiger partial charge in [-0.1, -0.05) is 30.7 Å². The molecule has 0 spiro atoms. The molecule has 0 N–H and O–H groups in total. The van der Waals surface area contributed by atoms with E-state index in [4.69, 9.17) is 5.26 Å². The van der Waals surface area contributed by atoms with Gasteiger partial charge in [-0.05, 0) is 61.2 Å². The van der Waals surface area contributed by atoms with E-state index in [9.17, 15) is 9.18 Å². The molecule has 0 aliphatic carbocycles. The first-order chi connectivity index (χ1) is 15.6. The van der Waals surface area contributed by atoms with E-state index >= 15 is 0 Å². The Balaban J connectivity index is 1.35. The van der Waals surface area contributed by atoms with Crippen molar-refractivity contribution in [1.82, 2.24) is 14.7 Å². The van der Waals surface area contributed by atoms with Crippen molar-refractivity contribution in [2.24, 2.45) is 0 Å². The number of hydrogen-bond acceptors (Lipinski definition) is 4. The molecule has 168 valence electrons. The third kappa shape index (κ3) is 5.73. The lowest BCUT2D eigenvalue weighted by Crippen LogP contribution is -2.51. The lowest BCUT2D eigenvalue weighted by molar-refractivity contribution is -0.138. The zero-order valence-electron chi connectivity index (χ0n) is 18.5. The van der Waals surface area contributed by atoms with Crippen LogP contribution in [0.2, 0.25) is 0 Å². The van der Waals surface area contributed by atoms with Gasteiger partial charge < -0.3 is 4.90 Å². The molecule has 0 saturated carbocycles. The molecule has 2 aromatic rings. The van der Waals surface area contributed by atoms with Gasteiger partial charge in [-0.25, -0.2) is 4.39 Å². The molecule has 2 fully saturated rings. The smallest absolute Gasteiger partial charge is 0.239 e. The van der Waals surface area contributed by atoms with Crippen LogP contribution in [0.25, 0.3) is 0 Å². The Morgan fingerprint density at radius 3 is 2.34 bits per heavy atom. The van der Waals surface area contributed by atoms with E-state index < -0.39 is 0 Å². The molecule has 2 heterocycles. The van der Waals surface area contributed by atoms with Gasteiger partial charge in [-0.3, -0.25) is 14.6 Å². The monoisotopic (exact) mass is 434 g/mol. The lowest BCUT2D eigenvalue weighted by atomic mass is 9.99. The zero-order valence-corrected chi connectivity index (χ0v) is 18.5. The van der Waals surface area contributed by atoms with Gasteiger partial charge in [0.2, 0.25) is 5.91 Å². The molecule has 0 bridgehead atoms. The third-order valence-corrected chi connectivity index (χ3v) is 6.59. The fourth-order valence-electron chi connectivity index (χ4n) is 4.79. The number of nitrogens with zero attached hydrogens (tertiary/aromatic N) is 4. The van der Waals surface area contributed by atoms with Crippen molar-refractivity contribution in [3.05, 3.63) is 71.0 Å². The van der Waals surface area contributed by atoms with E-state index in [1.807, 2.05) is 41.3 Å². The number of nitriles is 1. The molecule has 2 aliphatic rings. The Labute approximate surface area is 190 Å². The largest absolute Gasteiger partial charge is 0.340 e. The van der Waals surface area contributed by atoms with Crippen molar-refractivity contribution in [2.45, 2.75) is 44.8 Å². The molecule has 2 aliphatic heterocycles. The van der Waals surface area contributed by atoms with E-state index in [1.54, 1.807) is 0 Å². The quantitative estimate of drug-likeness (QED) is 0.719. The number of carbonyl (C=O) groups is 1. The topological polar surface area (TPSA) is 50.6 Å². The SMILES string of the molecule is N#Cc1ccc(CN2CCCN(C(=O)[C@@H]3CCCCN3Cc3ccc(F)cc3)CC2)cc1. The molecule has 2 saturated heterocycles. The van der Waals surface area contributed by atoms with Gasteiger partial charge in [0.05, 0.1) is 17.7 Å². The van der Waals surface area contributed by atoms with Crippen LogP contribution < -0.4 is 0 Å². The molecule has 0 unspecified atom stereocenters. The molecule has 1 amide bonds. The van der Waals surface area contributed by atoms with Gasteiger partial charge >= 0.3 is 0 Å². The van der Waals surface area contributed by atoms with Crippen LogP contribution in [-0.4, -0.2) is 59.4 Å². The van der Waals surface area contributed by atoms with Crippen LogP contribution in [0, 0.1) is 17.1 Å². The van der Waals surface area contributed by atoms with Gasteiger partial charge in [-0.15, -0.1) is 0 Å². The minimum absolute atomic E-state index is 0.0844. The van der Waals surface area contributed by atoms with E-state index in [2.05, 4.69) is 15.9 Å².